The number of nitrogens with zero attached hydrogens (tertiary/aromatic N) is 1. The molecule has 2 aromatic carbocycles. The van der Waals surface area contributed by atoms with Gasteiger partial charge >= 0.3 is 0 Å². The molecule has 0 saturated carbocycles. The quantitative estimate of drug-likeness (QED) is 0.556. The van der Waals surface area contributed by atoms with E-state index in [2.05, 4.69) is 24.7 Å². The van der Waals surface area contributed by atoms with Gasteiger partial charge in [0, 0.05) is 24.6 Å². The van der Waals surface area contributed by atoms with Gasteiger partial charge in [-0.15, -0.1) is 0 Å². The zero-order chi connectivity index (χ0) is 24.7. The molecule has 0 aliphatic carbocycles. The molecule has 2 amide bonds. The van der Waals surface area contributed by atoms with Gasteiger partial charge in [0.2, 0.25) is 15.9 Å². The minimum absolute atomic E-state index is 0.251. The second kappa shape index (κ2) is 11.5. The van der Waals surface area contributed by atoms with Crippen molar-refractivity contribution in [3.63, 3.8) is 0 Å². The minimum atomic E-state index is -3.58. The largest absolute Gasteiger partial charge is 0.494 e. The lowest BCUT2D eigenvalue weighted by atomic mass is 9.98. The lowest BCUT2D eigenvalue weighted by molar-refractivity contribution is -0.126. The van der Waals surface area contributed by atoms with Crippen molar-refractivity contribution in [1.82, 2.24) is 15.2 Å². The Morgan fingerprint density at radius 2 is 1.62 bits per heavy atom. The molecule has 0 atom stereocenters. The van der Waals surface area contributed by atoms with Gasteiger partial charge in [0.25, 0.3) is 5.91 Å². The standard InChI is InChI=1S/C25H33N3O5S/c1-18(2)14-17-33-22-8-6-20(7-9-22)24(29)26-27-25(30)21-12-15-28(16-13-21)34(31,32)23-10-4-19(3)5-11-23/h4-11,18,21H,12-17H2,1-3H3,(H,26,29)(H,27,30). The lowest BCUT2D eigenvalue weighted by Gasteiger charge is -2.30. The summed E-state index contributed by atoms with van der Waals surface area (Å²) in [4.78, 5) is 25.1. The molecule has 8 nitrogen and oxygen atoms in total. The maximum atomic E-state index is 12.8. The van der Waals surface area contributed by atoms with Gasteiger partial charge in [-0.05, 0) is 68.5 Å². The molecule has 1 fully saturated rings. The number of ether oxygens (including phenoxy) is 1. The van der Waals surface area contributed by atoms with Crippen molar-refractivity contribution in [2.75, 3.05) is 19.7 Å². The number of nitrogens with one attached hydrogen (secondary N) is 2. The molecule has 1 aliphatic heterocycles. The number of benzene rings is 2. The smallest absolute Gasteiger partial charge is 0.269 e. The highest BCUT2D eigenvalue weighted by Gasteiger charge is 2.32. The van der Waals surface area contributed by atoms with Gasteiger partial charge in [-0.3, -0.25) is 20.4 Å². The number of aryl methyl sites for hydroxylation is 1. The van der Waals surface area contributed by atoms with Crippen molar-refractivity contribution >= 4 is 21.8 Å². The summed E-state index contributed by atoms with van der Waals surface area (Å²) in [5.41, 5.74) is 6.29. The number of rotatable bonds is 8. The maximum Gasteiger partial charge on any atom is 0.269 e. The molecule has 3 rings (SSSR count). The van der Waals surface area contributed by atoms with E-state index in [9.17, 15) is 18.0 Å². The van der Waals surface area contributed by atoms with E-state index in [1.807, 2.05) is 6.92 Å². The molecule has 0 unspecified atom stereocenters. The van der Waals surface area contributed by atoms with Crippen LogP contribution in [0.15, 0.2) is 53.4 Å². The van der Waals surface area contributed by atoms with E-state index in [0.29, 0.717) is 36.7 Å². The van der Waals surface area contributed by atoms with Gasteiger partial charge in [-0.1, -0.05) is 31.5 Å². The van der Waals surface area contributed by atoms with E-state index < -0.39 is 15.9 Å². The molecule has 0 radical (unpaired) electrons. The predicted molar refractivity (Wildman–Crippen MR) is 130 cm³/mol. The zero-order valence-corrected chi connectivity index (χ0v) is 20.7. The third kappa shape index (κ3) is 6.80. The van der Waals surface area contributed by atoms with Crippen molar-refractivity contribution in [2.24, 2.45) is 11.8 Å². The Balaban J connectivity index is 1.45. The van der Waals surface area contributed by atoms with Crippen LogP contribution in [-0.4, -0.2) is 44.2 Å². The highest BCUT2D eigenvalue weighted by molar-refractivity contribution is 7.89. The van der Waals surface area contributed by atoms with E-state index in [-0.39, 0.29) is 29.8 Å². The first-order valence-electron chi connectivity index (χ1n) is 11.6. The molecule has 2 N–H and O–H groups in total. The van der Waals surface area contributed by atoms with Gasteiger partial charge in [-0.25, -0.2) is 8.42 Å². The van der Waals surface area contributed by atoms with Gasteiger partial charge in [0.1, 0.15) is 5.75 Å². The molecule has 0 spiro atoms. The number of carbonyl (C=O) groups excluding carboxylic acids is 2. The van der Waals surface area contributed by atoms with Crippen LogP contribution in [0.2, 0.25) is 0 Å². The fraction of sp³-hybridized carbons (Fsp3) is 0.440. The Morgan fingerprint density at radius 1 is 1.00 bits per heavy atom. The van der Waals surface area contributed by atoms with Crippen molar-refractivity contribution in [3.05, 3.63) is 59.7 Å². The summed E-state index contributed by atoms with van der Waals surface area (Å²) < 4.78 is 32.7. The van der Waals surface area contributed by atoms with E-state index >= 15 is 0 Å². The first-order valence-corrected chi connectivity index (χ1v) is 13.0. The number of hydrogen-bond acceptors (Lipinski definition) is 5. The van der Waals surface area contributed by atoms with Crippen molar-refractivity contribution in [2.45, 2.75) is 44.9 Å². The molecule has 1 saturated heterocycles. The van der Waals surface area contributed by atoms with Crippen LogP contribution in [-0.2, 0) is 14.8 Å². The number of carbonyl (C=O) groups is 2. The molecule has 1 aliphatic rings. The van der Waals surface area contributed by atoms with Crippen LogP contribution in [0.1, 0.15) is 49.0 Å². The number of hydrazine groups is 1. The zero-order valence-electron chi connectivity index (χ0n) is 19.9. The van der Waals surface area contributed by atoms with E-state index in [1.165, 1.54) is 4.31 Å². The normalized spacial score (nSPS) is 15.2. The Hall–Kier alpha value is -2.91. The monoisotopic (exact) mass is 487 g/mol. The average Bonchev–Trinajstić information content (AvgIpc) is 2.83. The number of sulfonamides is 1. The highest BCUT2D eigenvalue weighted by Crippen LogP contribution is 2.24. The molecular weight excluding hydrogens is 454 g/mol. The molecule has 1 heterocycles. The number of piperidine rings is 1. The summed E-state index contributed by atoms with van der Waals surface area (Å²) in [6.07, 6.45) is 1.72. The lowest BCUT2D eigenvalue weighted by Crippen LogP contribution is -2.48. The fourth-order valence-electron chi connectivity index (χ4n) is 3.63. The van der Waals surface area contributed by atoms with Crippen LogP contribution in [0, 0.1) is 18.8 Å². The number of hydrogen-bond donors (Lipinski definition) is 2. The van der Waals surface area contributed by atoms with Crippen molar-refractivity contribution < 1.29 is 22.7 Å². The first kappa shape index (κ1) is 25.7. The summed E-state index contributed by atoms with van der Waals surface area (Å²) in [6.45, 7) is 7.27. The second-order valence-corrected chi connectivity index (χ2v) is 10.9. The Bertz CT molecular complexity index is 1070. The molecule has 184 valence electrons. The second-order valence-electron chi connectivity index (χ2n) is 8.99. The molecule has 2 aromatic rings. The molecule has 0 bridgehead atoms. The van der Waals surface area contributed by atoms with E-state index in [1.54, 1.807) is 48.5 Å². The fourth-order valence-corrected chi connectivity index (χ4v) is 5.09. The summed E-state index contributed by atoms with van der Waals surface area (Å²) in [5, 5.41) is 0. The topological polar surface area (TPSA) is 105 Å². The highest BCUT2D eigenvalue weighted by atomic mass is 32.2. The summed E-state index contributed by atoms with van der Waals surface area (Å²) in [5.74, 6) is 0.115. The predicted octanol–water partition coefficient (Wildman–Crippen LogP) is 3.28. The average molecular weight is 488 g/mol. The Kier molecular flexibility index (Phi) is 8.68. The number of amides is 2. The van der Waals surface area contributed by atoms with Crippen molar-refractivity contribution in [1.29, 1.82) is 0 Å². The Labute approximate surface area is 201 Å². The van der Waals surface area contributed by atoms with Gasteiger partial charge in [0.15, 0.2) is 0 Å². The SMILES string of the molecule is Cc1ccc(S(=O)(=O)N2CCC(C(=O)NNC(=O)c3ccc(OCCC(C)C)cc3)CC2)cc1. The Morgan fingerprint density at radius 3 is 2.21 bits per heavy atom. The van der Waals surface area contributed by atoms with Crippen molar-refractivity contribution in [3.8, 4) is 5.75 Å². The third-order valence-electron chi connectivity index (χ3n) is 5.86. The molecule has 34 heavy (non-hydrogen) atoms. The van der Waals surface area contributed by atoms with Crippen LogP contribution in [0.25, 0.3) is 0 Å². The van der Waals surface area contributed by atoms with Crippen LogP contribution in [0.3, 0.4) is 0 Å². The van der Waals surface area contributed by atoms with Crippen LogP contribution in [0.4, 0.5) is 0 Å². The first-order chi connectivity index (χ1) is 16.2. The van der Waals surface area contributed by atoms with Gasteiger partial charge < -0.3 is 4.74 Å². The van der Waals surface area contributed by atoms with Crippen LogP contribution in [0.5, 0.6) is 5.75 Å². The third-order valence-corrected chi connectivity index (χ3v) is 7.78. The van der Waals surface area contributed by atoms with Gasteiger partial charge in [-0.2, -0.15) is 4.31 Å². The molecular formula is C25H33N3O5S. The minimum Gasteiger partial charge on any atom is -0.494 e. The van der Waals surface area contributed by atoms with Gasteiger partial charge in [0.05, 0.1) is 11.5 Å². The van der Waals surface area contributed by atoms with Crippen LogP contribution >= 0.6 is 0 Å². The summed E-state index contributed by atoms with van der Waals surface area (Å²) >= 11 is 0. The maximum absolute atomic E-state index is 12.8. The van der Waals surface area contributed by atoms with Crippen LogP contribution < -0.4 is 15.6 Å². The summed E-state index contributed by atoms with van der Waals surface area (Å²) in [7, 11) is -3.58. The molecule has 0 aromatic heterocycles. The molecule has 9 heteroatoms. The summed E-state index contributed by atoms with van der Waals surface area (Å²) in [6, 6.07) is 13.5. The van der Waals surface area contributed by atoms with E-state index in [4.69, 9.17) is 4.74 Å². The van der Waals surface area contributed by atoms with E-state index in [0.717, 1.165) is 12.0 Å².